The largest absolute Gasteiger partial charge is 0.417 e. The van der Waals surface area contributed by atoms with Crippen molar-refractivity contribution in [1.82, 2.24) is 4.31 Å². The number of alkyl halides is 3. The summed E-state index contributed by atoms with van der Waals surface area (Å²) in [5.41, 5.74) is -1.66. The third-order valence-corrected chi connectivity index (χ3v) is 6.63. The Labute approximate surface area is 170 Å². The van der Waals surface area contributed by atoms with Gasteiger partial charge in [-0.15, -0.1) is 0 Å². The van der Waals surface area contributed by atoms with E-state index in [1.165, 1.54) is 28.6 Å². The van der Waals surface area contributed by atoms with E-state index in [1.807, 2.05) is 0 Å². The Hall–Kier alpha value is -2.14. The van der Waals surface area contributed by atoms with Crippen LogP contribution in [0.4, 0.5) is 18.9 Å². The summed E-state index contributed by atoms with van der Waals surface area (Å²) in [7, 11) is -3.96. The van der Waals surface area contributed by atoms with Gasteiger partial charge >= 0.3 is 6.18 Å². The van der Waals surface area contributed by atoms with Gasteiger partial charge in [0.1, 0.15) is 4.90 Å². The molecule has 0 saturated carbocycles. The second kappa shape index (κ2) is 8.31. The zero-order valence-corrected chi connectivity index (χ0v) is 16.4. The van der Waals surface area contributed by atoms with Gasteiger partial charge < -0.3 is 10.1 Å². The topological polar surface area (TPSA) is 75.7 Å². The highest BCUT2D eigenvalue weighted by molar-refractivity contribution is 7.89. The van der Waals surface area contributed by atoms with Crippen molar-refractivity contribution in [2.45, 2.75) is 11.1 Å². The molecule has 1 aliphatic heterocycles. The Morgan fingerprint density at radius 1 is 1.10 bits per heavy atom. The molecule has 29 heavy (non-hydrogen) atoms. The highest BCUT2D eigenvalue weighted by Crippen LogP contribution is 2.33. The van der Waals surface area contributed by atoms with Gasteiger partial charge in [-0.25, -0.2) is 8.42 Å². The molecule has 1 amide bonds. The molecule has 0 aromatic heterocycles. The summed E-state index contributed by atoms with van der Waals surface area (Å²) >= 11 is 6.04. The van der Waals surface area contributed by atoms with Gasteiger partial charge in [-0.1, -0.05) is 23.7 Å². The Kier molecular flexibility index (Phi) is 6.18. The maximum absolute atomic E-state index is 13.1. The molecule has 3 rings (SSSR count). The first kappa shape index (κ1) is 21.6. The van der Waals surface area contributed by atoms with Crippen molar-refractivity contribution in [2.75, 3.05) is 31.6 Å². The number of sulfonamides is 1. The fourth-order valence-corrected chi connectivity index (χ4v) is 4.74. The van der Waals surface area contributed by atoms with E-state index in [0.717, 1.165) is 18.2 Å². The van der Waals surface area contributed by atoms with Crippen LogP contribution >= 0.6 is 11.6 Å². The summed E-state index contributed by atoms with van der Waals surface area (Å²) in [5, 5.41) is 2.24. The number of anilines is 1. The number of rotatable bonds is 4. The highest BCUT2D eigenvalue weighted by Gasteiger charge is 2.35. The van der Waals surface area contributed by atoms with Crippen LogP contribution in [0.1, 0.15) is 15.9 Å². The van der Waals surface area contributed by atoms with Crippen LogP contribution in [0.5, 0.6) is 0 Å². The Balaban J connectivity index is 1.90. The molecule has 1 N–H and O–H groups in total. The van der Waals surface area contributed by atoms with Crippen LogP contribution in [0.2, 0.25) is 5.02 Å². The number of nitrogens with one attached hydrogen (secondary N) is 1. The maximum Gasteiger partial charge on any atom is 0.417 e. The van der Waals surface area contributed by atoms with E-state index in [9.17, 15) is 26.4 Å². The number of benzene rings is 2. The molecule has 0 spiro atoms. The van der Waals surface area contributed by atoms with E-state index >= 15 is 0 Å². The summed E-state index contributed by atoms with van der Waals surface area (Å²) in [6.45, 7) is 0.769. The minimum absolute atomic E-state index is 0.00297. The van der Waals surface area contributed by atoms with Crippen molar-refractivity contribution in [3.8, 4) is 0 Å². The normalized spacial score (nSPS) is 15.9. The summed E-state index contributed by atoms with van der Waals surface area (Å²) < 4.78 is 71.4. The molecule has 0 atom stereocenters. The Morgan fingerprint density at radius 3 is 2.41 bits per heavy atom. The predicted octanol–water partition coefficient (Wildman–Crippen LogP) is 3.63. The number of amides is 1. The van der Waals surface area contributed by atoms with E-state index in [1.54, 1.807) is 0 Å². The number of hydrogen-bond donors (Lipinski definition) is 1. The first-order valence-electron chi connectivity index (χ1n) is 8.46. The van der Waals surface area contributed by atoms with Crippen LogP contribution in [0.15, 0.2) is 47.4 Å². The van der Waals surface area contributed by atoms with E-state index in [4.69, 9.17) is 16.3 Å². The highest BCUT2D eigenvalue weighted by atomic mass is 35.5. The summed E-state index contributed by atoms with van der Waals surface area (Å²) in [5.74, 6) is -1.02. The van der Waals surface area contributed by atoms with Crippen LogP contribution in [-0.2, 0) is 20.9 Å². The number of carbonyl (C=O) groups excluding carboxylic acids is 1. The smallest absolute Gasteiger partial charge is 0.379 e. The van der Waals surface area contributed by atoms with E-state index < -0.39 is 33.2 Å². The number of ether oxygens (including phenoxy) is 1. The quantitative estimate of drug-likeness (QED) is 0.775. The molecule has 0 aliphatic carbocycles. The van der Waals surface area contributed by atoms with Crippen LogP contribution in [0.3, 0.4) is 0 Å². The average Bonchev–Trinajstić information content (AvgIpc) is 2.69. The molecule has 1 saturated heterocycles. The lowest BCUT2D eigenvalue weighted by Gasteiger charge is -2.26. The van der Waals surface area contributed by atoms with Gasteiger partial charge in [-0.2, -0.15) is 17.5 Å². The number of hydrogen-bond acceptors (Lipinski definition) is 4. The van der Waals surface area contributed by atoms with E-state index in [0.29, 0.717) is 0 Å². The summed E-state index contributed by atoms with van der Waals surface area (Å²) in [6, 6.07) is 8.02. The van der Waals surface area contributed by atoms with Crippen molar-refractivity contribution < 1.29 is 31.1 Å². The lowest BCUT2D eigenvalue weighted by atomic mass is 10.1. The van der Waals surface area contributed by atoms with Gasteiger partial charge in [-0.05, 0) is 30.3 Å². The lowest BCUT2D eigenvalue weighted by Crippen LogP contribution is -2.40. The minimum atomic E-state index is -4.71. The minimum Gasteiger partial charge on any atom is -0.379 e. The third-order valence-electron chi connectivity index (χ3n) is 4.25. The summed E-state index contributed by atoms with van der Waals surface area (Å²) in [4.78, 5) is 12.2. The van der Waals surface area contributed by atoms with Gasteiger partial charge in [0.2, 0.25) is 10.0 Å². The molecule has 156 valence electrons. The molecular weight excluding hydrogens is 433 g/mol. The zero-order valence-electron chi connectivity index (χ0n) is 14.9. The number of nitrogens with zero attached hydrogens (tertiary/aromatic N) is 1. The van der Waals surface area contributed by atoms with Crippen molar-refractivity contribution in [3.05, 3.63) is 58.6 Å². The lowest BCUT2D eigenvalue weighted by molar-refractivity contribution is -0.137. The molecule has 1 aliphatic rings. The van der Waals surface area contributed by atoms with Crippen LogP contribution in [0, 0.1) is 0 Å². The van der Waals surface area contributed by atoms with Crippen LogP contribution in [0.25, 0.3) is 0 Å². The average molecular weight is 449 g/mol. The van der Waals surface area contributed by atoms with Crippen molar-refractivity contribution >= 4 is 33.2 Å². The number of carbonyl (C=O) groups is 1. The molecule has 0 radical (unpaired) electrons. The molecule has 0 bridgehead atoms. The van der Waals surface area contributed by atoms with Crippen molar-refractivity contribution in [2.24, 2.45) is 0 Å². The molecule has 6 nitrogen and oxygen atoms in total. The van der Waals surface area contributed by atoms with Crippen molar-refractivity contribution in [1.29, 1.82) is 0 Å². The second-order valence-corrected chi connectivity index (χ2v) is 8.47. The molecule has 0 unspecified atom stereocenters. The number of morpholine rings is 1. The molecule has 2 aromatic carbocycles. The van der Waals surface area contributed by atoms with Gasteiger partial charge in [0.05, 0.1) is 29.4 Å². The zero-order chi connectivity index (χ0) is 21.2. The Morgan fingerprint density at radius 2 is 1.76 bits per heavy atom. The van der Waals surface area contributed by atoms with E-state index in [-0.39, 0.29) is 41.9 Å². The van der Waals surface area contributed by atoms with Gasteiger partial charge in [0.15, 0.2) is 0 Å². The first-order chi connectivity index (χ1) is 13.6. The predicted molar refractivity (Wildman–Crippen MR) is 100 cm³/mol. The number of halogens is 4. The monoisotopic (exact) mass is 448 g/mol. The van der Waals surface area contributed by atoms with Gasteiger partial charge in [-0.3, -0.25) is 4.79 Å². The van der Waals surface area contributed by atoms with Crippen molar-refractivity contribution in [3.63, 3.8) is 0 Å². The Bertz CT molecular complexity index is 1020. The van der Waals surface area contributed by atoms with Gasteiger partial charge in [0.25, 0.3) is 5.91 Å². The molecule has 1 fully saturated rings. The fourth-order valence-electron chi connectivity index (χ4n) is 2.83. The van der Waals surface area contributed by atoms with E-state index in [2.05, 4.69) is 5.32 Å². The third kappa shape index (κ3) is 4.72. The maximum atomic E-state index is 13.1. The van der Waals surface area contributed by atoms with Crippen LogP contribution in [-0.4, -0.2) is 44.9 Å². The first-order valence-corrected chi connectivity index (χ1v) is 10.3. The molecule has 1 heterocycles. The molecular formula is C18H16ClF3N2O4S. The standard InChI is InChI=1S/C18H16ClF3N2O4S/c19-15-6-5-12(11-16(15)29(26,27)24-7-9-28-10-8-24)23-17(25)13-3-1-2-4-14(13)18(20,21)22/h1-6,11H,7-10H2,(H,23,25). The van der Waals surface area contributed by atoms with Crippen LogP contribution < -0.4 is 5.32 Å². The second-order valence-electron chi connectivity index (χ2n) is 6.16. The summed E-state index contributed by atoms with van der Waals surface area (Å²) in [6.07, 6.45) is -4.71. The fraction of sp³-hybridized carbons (Fsp3) is 0.278. The van der Waals surface area contributed by atoms with Gasteiger partial charge in [0, 0.05) is 18.8 Å². The SMILES string of the molecule is O=C(Nc1ccc(Cl)c(S(=O)(=O)N2CCOCC2)c1)c1ccccc1C(F)(F)F. The molecule has 2 aromatic rings. The molecule has 11 heteroatoms.